The van der Waals surface area contributed by atoms with Gasteiger partial charge in [0.15, 0.2) is 0 Å². The van der Waals surface area contributed by atoms with E-state index in [0.717, 1.165) is 0 Å². The first-order valence-corrected chi connectivity index (χ1v) is 7.13. The van der Waals surface area contributed by atoms with Crippen molar-refractivity contribution in [3.8, 4) is 0 Å². The lowest BCUT2D eigenvalue weighted by atomic mass is 10.2. The maximum atomic E-state index is 11.6. The van der Waals surface area contributed by atoms with Crippen LogP contribution in [0.25, 0.3) is 0 Å². The fourth-order valence-corrected chi connectivity index (χ4v) is 1.23. The minimum Gasteiger partial charge on any atom is -0.465 e. The van der Waals surface area contributed by atoms with Gasteiger partial charge in [0.05, 0.1) is 19.6 Å². The van der Waals surface area contributed by atoms with Crippen LogP contribution in [0.2, 0.25) is 0 Å². The highest BCUT2D eigenvalue weighted by atomic mass is 16.6. The molecule has 0 saturated carbocycles. The molecule has 0 aromatic carbocycles. The molecule has 0 aliphatic heterocycles. The summed E-state index contributed by atoms with van der Waals surface area (Å²) in [5.74, 6) is -1.21. The van der Waals surface area contributed by atoms with E-state index in [-0.39, 0.29) is 25.1 Å². The smallest absolute Gasteiger partial charge is 0.407 e. The lowest BCUT2D eigenvalue weighted by molar-refractivity contribution is -0.146. The van der Waals surface area contributed by atoms with Gasteiger partial charge < -0.3 is 19.5 Å². The summed E-state index contributed by atoms with van der Waals surface area (Å²) in [7, 11) is 0. The quantitative estimate of drug-likeness (QED) is 0.319. The van der Waals surface area contributed by atoms with Gasteiger partial charge in [0.1, 0.15) is 12.2 Å². The maximum absolute atomic E-state index is 11.6. The zero-order valence-corrected chi connectivity index (χ0v) is 13.7. The lowest BCUT2D eigenvalue weighted by Gasteiger charge is -2.19. The van der Waals surface area contributed by atoms with E-state index in [1.165, 1.54) is 0 Å². The molecule has 0 unspecified atom stereocenters. The van der Waals surface area contributed by atoms with Crippen LogP contribution >= 0.6 is 0 Å². The van der Waals surface area contributed by atoms with Crippen molar-refractivity contribution in [3.05, 3.63) is 12.2 Å². The second-order valence-electron chi connectivity index (χ2n) is 5.57. The lowest BCUT2D eigenvalue weighted by Crippen LogP contribution is -2.34. The van der Waals surface area contributed by atoms with Gasteiger partial charge in [-0.05, 0) is 27.2 Å². The topological polar surface area (TPSA) is 90.9 Å². The van der Waals surface area contributed by atoms with E-state index in [1.807, 2.05) is 6.92 Å². The Morgan fingerprint density at radius 1 is 1.09 bits per heavy atom. The fraction of sp³-hybridized carbons (Fsp3) is 0.667. The van der Waals surface area contributed by atoms with Crippen LogP contribution < -0.4 is 5.32 Å². The van der Waals surface area contributed by atoms with Crippen LogP contribution in [-0.4, -0.2) is 43.4 Å². The van der Waals surface area contributed by atoms with Gasteiger partial charge in [-0.15, -0.1) is 0 Å². The Morgan fingerprint density at radius 2 is 1.73 bits per heavy atom. The molecule has 0 bridgehead atoms. The number of carbonyl (C=O) groups excluding carboxylic acids is 3. The molecule has 0 saturated heterocycles. The molecular formula is C15H25NO6. The average Bonchev–Trinajstić information content (AvgIpc) is 2.38. The van der Waals surface area contributed by atoms with Gasteiger partial charge in [-0.2, -0.15) is 0 Å². The molecule has 0 radical (unpaired) electrons. The van der Waals surface area contributed by atoms with Crippen LogP contribution in [0.3, 0.4) is 0 Å². The second-order valence-corrected chi connectivity index (χ2v) is 5.57. The summed E-state index contributed by atoms with van der Waals surface area (Å²) < 4.78 is 14.7. The summed E-state index contributed by atoms with van der Waals surface area (Å²) in [5.41, 5.74) is -0.577. The summed E-state index contributed by atoms with van der Waals surface area (Å²) in [6.07, 6.45) is -0.0948. The number of rotatable bonds is 8. The van der Waals surface area contributed by atoms with E-state index in [0.29, 0.717) is 13.0 Å². The number of hydrogen-bond donors (Lipinski definition) is 1. The Hall–Kier alpha value is -2.05. The molecule has 0 aromatic rings. The van der Waals surface area contributed by atoms with Crippen LogP contribution in [0.15, 0.2) is 12.2 Å². The predicted octanol–water partition coefficient (Wildman–Crippen LogP) is 1.95. The van der Waals surface area contributed by atoms with Gasteiger partial charge in [-0.1, -0.05) is 13.5 Å². The van der Waals surface area contributed by atoms with E-state index >= 15 is 0 Å². The van der Waals surface area contributed by atoms with Gasteiger partial charge in [-0.25, -0.2) is 9.59 Å². The molecule has 0 rings (SSSR count). The third-order valence-electron chi connectivity index (χ3n) is 2.12. The molecular weight excluding hydrogens is 290 g/mol. The zero-order chi connectivity index (χ0) is 17.2. The Labute approximate surface area is 131 Å². The van der Waals surface area contributed by atoms with Crippen molar-refractivity contribution in [1.29, 1.82) is 0 Å². The highest BCUT2D eigenvalue weighted by molar-refractivity contribution is 5.93. The summed E-state index contributed by atoms with van der Waals surface area (Å²) in [6, 6.07) is 0. The minimum absolute atomic E-state index is 0.0124. The van der Waals surface area contributed by atoms with Crippen LogP contribution in [0.5, 0.6) is 0 Å². The van der Waals surface area contributed by atoms with Crippen LogP contribution in [-0.2, 0) is 23.8 Å². The van der Waals surface area contributed by atoms with Crippen molar-refractivity contribution in [1.82, 2.24) is 5.32 Å². The molecule has 126 valence electrons. The summed E-state index contributed by atoms with van der Waals surface area (Å²) >= 11 is 0. The van der Waals surface area contributed by atoms with Crippen molar-refractivity contribution >= 4 is 18.0 Å². The van der Waals surface area contributed by atoms with Gasteiger partial charge in [0.25, 0.3) is 0 Å². The Balaban J connectivity index is 3.87. The molecule has 1 amide bonds. The first kappa shape index (κ1) is 19.9. The van der Waals surface area contributed by atoms with Gasteiger partial charge >= 0.3 is 18.0 Å². The van der Waals surface area contributed by atoms with Gasteiger partial charge in [0, 0.05) is 5.57 Å². The SMILES string of the molecule is C=C(CC(=O)OCCC)C(=O)OCCNC(=O)OC(C)(C)C. The number of hydrogen-bond acceptors (Lipinski definition) is 6. The highest BCUT2D eigenvalue weighted by Gasteiger charge is 2.16. The summed E-state index contributed by atoms with van der Waals surface area (Å²) in [5, 5.41) is 2.44. The van der Waals surface area contributed by atoms with Gasteiger partial charge in [0.2, 0.25) is 0 Å². The van der Waals surface area contributed by atoms with Gasteiger partial charge in [-0.3, -0.25) is 4.79 Å². The number of alkyl carbamates (subject to hydrolysis) is 1. The molecule has 0 heterocycles. The molecule has 0 atom stereocenters. The number of amides is 1. The molecule has 1 N–H and O–H groups in total. The molecule has 0 aliphatic rings. The Kier molecular flexibility index (Phi) is 8.89. The first-order valence-electron chi connectivity index (χ1n) is 7.13. The van der Waals surface area contributed by atoms with E-state index in [2.05, 4.69) is 11.9 Å². The van der Waals surface area contributed by atoms with E-state index < -0.39 is 23.6 Å². The van der Waals surface area contributed by atoms with Crippen LogP contribution in [0.4, 0.5) is 4.79 Å². The minimum atomic E-state index is -0.695. The Bertz CT molecular complexity index is 411. The van der Waals surface area contributed by atoms with Crippen LogP contribution in [0.1, 0.15) is 40.5 Å². The monoisotopic (exact) mass is 315 g/mol. The Morgan fingerprint density at radius 3 is 2.27 bits per heavy atom. The zero-order valence-electron chi connectivity index (χ0n) is 13.7. The largest absolute Gasteiger partial charge is 0.465 e. The maximum Gasteiger partial charge on any atom is 0.407 e. The highest BCUT2D eigenvalue weighted by Crippen LogP contribution is 2.06. The summed E-state index contributed by atoms with van der Waals surface area (Å²) in [6.45, 7) is 11.0. The number of nitrogens with one attached hydrogen (secondary N) is 1. The standard InChI is InChI=1S/C15H25NO6/c1-6-8-20-12(17)10-11(2)13(18)21-9-7-16-14(19)22-15(3,4)5/h2,6-10H2,1,3-5H3,(H,16,19). The van der Waals surface area contributed by atoms with Crippen molar-refractivity contribution in [2.75, 3.05) is 19.8 Å². The molecule has 0 fully saturated rings. The number of ether oxygens (including phenoxy) is 3. The second kappa shape index (κ2) is 9.81. The third-order valence-corrected chi connectivity index (χ3v) is 2.12. The van der Waals surface area contributed by atoms with Crippen molar-refractivity contribution in [2.24, 2.45) is 0 Å². The first-order chi connectivity index (χ1) is 10.2. The fourth-order valence-electron chi connectivity index (χ4n) is 1.23. The molecule has 22 heavy (non-hydrogen) atoms. The normalized spacial score (nSPS) is 10.5. The molecule has 7 heteroatoms. The van der Waals surface area contributed by atoms with Crippen molar-refractivity contribution in [2.45, 2.75) is 46.1 Å². The van der Waals surface area contributed by atoms with Crippen molar-refractivity contribution in [3.63, 3.8) is 0 Å². The van der Waals surface area contributed by atoms with E-state index in [9.17, 15) is 14.4 Å². The average molecular weight is 315 g/mol. The molecule has 0 spiro atoms. The van der Waals surface area contributed by atoms with E-state index in [4.69, 9.17) is 14.2 Å². The molecule has 7 nitrogen and oxygen atoms in total. The molecule has 0 aliphatic carbocycles. The summed E-state index contributed by atoms with van der Waals surface area (Å²) in [4.78, 5) is 34.2. The molecule has 0 aromatic heterocycles. The van der Waals surface area contributed by atoms with Crippen LogP contribution in [0, 0.1) is 0 Å². The number of carbonyl (C=O) groups is 3. The van der Waals surface area contributed by atoms with E-state index in [1.54, 1.807) is 20.8 Å². The predicted molar refractivity (Wildman–Crippen MR) is 80.2 cm³/mol. The van der Waals surface area contributed by atoms with Crippen molar-refractivity contribution < 1.29 is 28.6 Å². The number of esters is 2. The third kappa shape index (κ3) is 10.7.